The van der Waals surface area contributed by atoms with Gasteiger partial charge in [-0.3, -0.25) is 19.3 Å². The highest BCUT2D eigenvalue weighted by atomic mass is 16.5. The smallest absolute Gasteiger partial charge is 0.311 e. The van der Waals surface area contributed by atoms with E-state index in [9.17, 15) is 14.4 Å². The van der Waals surface area contributed by atoms with Gasteiger partial charge in [0.1, 0.15) is 6.61 Å². The van der Waals surface area contributed by atoms with Gasteiger partial charge in [0.05, 0.1) is 11.5 Å². The molecule has 1 aromatic carbocycles. The van der Waals surface area contributed by atoms with Gasteiger partial charge in [-0.25, -0.2) is 0 Å². The summed E-state index contributed by atoms with van der Waals surface area (Å²) < 4.78 is 5.39. The molecule has 5 nitrogen and oxygen atoms in total. The Kier molecular flexibility index (Phi) is 3.72. The number of rotatable bonds is 4. The van der Waals surface area contributed by atoms with Gasteiger partial charge >= 0.3 is 5.97 Å². The standard InChI is InChI=1S/C17H19NO4/c1-12(16(21)22-11-13-5-3-2-4-6-13)17-9-7-14(19)18(17)15(20)8-10-17/h2-6,12H,7-11H2,1H3. The van der Waals surface area contributed by atoms with Gasteiger partial charge in [0.15, 0.2) is 0 Å². The molecule has 2 saturated heterocycles. The second-order valence-electron chi connectivity index (χ2n) is 6.04. The summed E-state index contributed by atoms with van der Waals surface area (Å²) in [6.07, 6.45) is 1.78. The largest absolute Gasteiger partial charge is 0.461 e. The molecule has 1 unspecified atom stereocenters. The van der Waals surface area contributed by atoms with E-state index in [4.69, 9.17) is 4.74 Å². The predicted molar refractivity (Wildman–Crippen MR) is 78.5 cm³/mol. The summed E-state index contributed by atoms with van der Waals surface area (Å²) in [6, 6.07) is 9.46. The Hall–Kier alpha value is -2.17. The maximum Gasteiger partial charge on any atom is 0.311 e. The Balaban J connectivity index is 1.70. The molecule has 0 saturated carbocycles. The molecule has 22 heavy (non-hydrogen) atoms. The highest BCUT2D eigenvalue weighted by molar-refractivity contribution is 6.00. The number of hydrogen-bond acceptors (Lipinski definition) is 4. The van der Waals surface area contributed by atoms with Gasteiger partial charge in [0.25, 0.3) is 0 Å². The molecule has 0 N–H and O–H groups in total. The van der Waals surface area contributed by atoms with Crippen LogP contribution in [0.5, 0.6) is 0 Å². The van der Waals surface area contributed by atoms with Crippen LogP contribution in [0.1, 0.15) is 38.2 Å². The Morgan fingerprint density at radius 3 is 2.36 bits per heavy atom. The minimum atomic E-state index is -0.665. The number of nitrogens with zero attached hydrogens (tertiary/aromatic N) is 1. The fourth-order valence-corrected chi connectivity index (χ4v) is 3.55. The molecular formula is C17H19NO4. The molecule has 0 bridgehead atoms. The summed E-state index contributed by atoms with van der Waals surface area (Å²) >= 11 is 0. The van der Waals surface area contributed by atoms with Crippen molar-refractivity contribution in [2.24, 2.45) is 5.92 Å². The molecule has 2 aliphatic heterocycles. The van der Waals surface area contributed by atoms with Crippen LogP contribution in [0.25, 0.3) is 0 Å². The third-order valence-electron chi connectivity index (χ3n) is 4.87. The Bertz CT molecular complexity index is 590. The average Bonchev–Trinajstić information content (AvgIpc) is 3.05. The molecule has 2 amide bonds. The number of amides is 2. The zero-order chi connectivity index (χ0) is 15.7. The lowest BCUT2D eigenvalue weighted by molar-refractivity contribution is -0.156. The van der Waals surface area contributed by atoms with E-state index in [1.165, 1.54) is 4.90 Å². The van der Waals surface area contributed by atoms with E-state index >= 15 is 0 Å². The fourth-order valence-electron chi connectivity index (χ4n) is 3.55. The Morgan fingerprint density at radius 1 is 1.18 bits per heavy atom. The lowest BCUT2D eigenvalue weighted by Gasteiger charge is -2.35. The summed E-state index contributed by atoms with van der Waals surface area (Å²) in [5.74, 6) is -1.16. The van der Waals surface area contributed by atoms with Crippen molar-refractivity contribution in [1.82, 2.24) is 4.90 Å². The van der Waals surface area contributed by atoms with E-state index < -0.39 is 11.5 Å². The van der Waals surface area contributed by atoms with Crippen LogP contribution in [0, 0.1) is 5.92 Å². The van der Waals surface area contributed by atoms with E-state index in [-0.39, 0.29) is 24.4 Å². The molecule has 0 aromatic heterocycles. The van der Waals surface area contributed by atoms with Crippen LogP contribution in [0.4, 0.5) is 0 Å². The molecule has 2 heterocycles. The predicted octanol–water partition coefficient (Wildman–Crippen LogP) is 2.05. The zero-order valence-electron chi connectivity index (χ0n) is 12.6. The molecular weight excluding hydrogens is 282 g/mol. The number of imide groups is 1. The monoisotopic (exact) mass is 301 g/mol. The molecule has 0 spiro atoms. The van der Waals surface area contributed by atoms with Crippen LogP contribution in [-0.2, 0) is 25.7 Å². The molecule has 1 atom stereocenters. The lowest BCUT2D eigenvalue weighted by Crippen LogP contribution is -2.50. The highest BCUT2D eigenvalue weighted by Gasteiger charge is 2.57. The first kappa shape index (κ1) is 14.8. The van der Waals surface area contributed by atoms with Crippen LogP contribution < -0.4 is 0 Å². The fraction of sp³-hybridized carbons (Fsp3) is 0.471. The van der Waals surface area contributed by atoms with E-state index in [0.29, 0.717) is 25.7 Å². The maximum absolute atomic E-state index is 12.4. The number of esters is 1. The normalized spacial score (nSPS) is 20.9. The summed E-state index contributed by atoms with van der Waals surface area (Å²) in [5.41, 5.74) is 0.254. The van der Waals surface area contributed by atoms with Crippen LogP contribution in [0.15, 0.2) is 30.3 Å². The van der Waals surface area contributed by atoms with Gasteiger partial charge in [-0.2, -0.15) is 0 Å². The molecule has 0 aliphatic carbocycles. The topological polar surface area (TPSA) is 63.7 Å². The molecule has 3 rings (SSSR count). The van der Waals surface area contributed by atoms with Gasteiger partial charge in [0, 0.05) is 12.8 Å². The van der Waals surface area contributed by atoms with E-state index in [1.54, 1.807) is 6.92 Å². The van der Waals surface area contributed by atoms with Crippen LogP contribution in [-0.4, -0.2) is 28.2 Å². The molecule has 1 aromatic rings. The van der Waals surface area contributed by atoms with Gasteiger partial charge in [-0.05, 0) is 25.3 Å². The number of benzene rings is 1. The summed E-state index contributed by atoms with van der Waals surface area (Å²) in [4.78, 5) is 37.6. The molecule has 116 valence electrons. The third-order valence-corrected chi connectivity index (χ3v) is 4.87. The van der Waals surface area contributed by atoms with Gasteiger partial charge < -0.3 is 4.74 Å². The second-order valence-corrected chi connectivity index (χ2v) is 6.04. The average molecular weight is 301 g/mol. The summed E-state index contributed by atoms with van der Waals surface area (Å²) in [5, 5.41) is 0. The van der Waals surface area contributed by atoms with Gasteiger partial charge in [0.2, 0.25) is 11.8 Å². The van der Waals surface area contributed by atoms with Crippen molar-refractivity contribution in [3.05, 3.63) is 35.9 Å². The lowest BCUT2D eigenvalue weighted by atomic mass is 9.81. The highest BCUT2D eigenvalue weighted by Crippen LogP contribution is 2.45. The molecule has 2 aliphatic rings. The molecule has 2 fully saturated rings. The van der Waals surface area contributed by atoms with Crippen molar-refractivity contribution in [1.29, 1.82) is 0 Å². The van der Waals surface area contributed by atoms with Crippen molar-refractivity contribution < 1.29 is 19.1 Å². The SMILES string of the molecule is CC(C(=O)OCc1ccccc1)C12CCC(=O)N1C(=O)CC2. The molecule has 5 heteroatoms. The number of carbonyl (C=O) groups is 3. The van der Waals surface area contributed by atoms with Gasteiger partial charge in [-0.15, -0.1) is 0 Å². The molecule has 0 radical (unpaired) electrons. The summed E-state index contributed by atoms with van der Waals surface area (Å²) in [6.45, 7) is 1.97. The third kappa shape index (κ3) is 2.30. The number of carbonyl (C=O) groups excluding carboxylic acids is 3. The van der Waals surface area contributed by atoms with E-state index in [1.807, 2.05) is 30.3 Å². The van der Waals surface area contributed by atoms with Crippen LogP contribution in [0.3, 0.4) is 0 Å². The number of hydrogen-bond donors (Lipinski definition) is 0. The first-order chi connectivity index (χ1) is 10.5. The van der Waals surface area contributed by atoms with Crippen molar-refractivity contribution in [2.45, 2.75) is 44.8 Å². The van der Waals surface area contributed by atoms with E-state index in [0.717, 1.165) is 5.56 Å². The second kappa shape index (κ2) is 5.55. The number of ether oxygens (including phenoxy) is 1. The Labute approximate surface area is 129 Å². The minimum Gasteiger partial charge on any atom is -0.461 e. The van der Waals surface area contributed by atoms with Crippen molar-refractivity contribution >= 4 is 17.8 Å². The minimum absolute atomic E-state index is 0.162. The first-order valence-electron chi connectivity index (χ1n) is 7.61. The first-order valence-corrected chi connectivity index (χ1v) is 7.61. The van der Waals surface area contributed by atoms with Crippen molar-refractivity contribution in [2.75, 3.05) is 0 Å². The quantitative estimate of drug-likeness (QED) is 0.630. The Morgan fingerprint density at radius 2 is 1.77 bits per heavy atom. The van der Waals surface area contributed by atoms with Crippen LogP contribution in [0.2, 0.25) is 0 Å². The van der Waals surface area contributed by atoms with Crippen molar-refractivity contribution in [3.8, 4) is 0 Å². The summed E-state index contributed by atoms with van der Waals surface area (Å²) in [7, 11) is 0. The maximum atomic E-state index is 12.4. The number of fused-ring (bicyclic) bond motifs is 1. The zero-order valence-corrected chi connectivity index (χ0v) is 12.6. The van der Waals surface area contributed by atoms with Crippen molar-refractivity contribution in [3.63, 3.8) is 0 Å². The van der Waals surface area contributed by atoms with Crippen LogP contribution >= 0.6 is 0 Å². The van der Waals surface area contributed by atoms with E-state index in [2.05, 4.69) is 0 Å². The van der Waals surface area contributed by atoms with Gasteiger partial charge in [-0.1, -0.05) is 30.3 Å².